The smallest absolute Gasteiger partial charge is 0.325 e. The molecule has 0 atom stereocenters. The van der Waals surface area contributed by atoms with Gasteiger partial charge in [0, 0.05) is 4.47 Å². The first kappa shape index (κ1) is 18.7. The van der Waals surface area contributed by atoms with Crippen LogP contribution in [0.15, 0.2) is 16.6 Å². The van der Waals surface area contributed by atoms with Gasteiger partial charge in [0.2, 0.25) is 0 Å². The first-order chi connectivity index (χ1) is 9.47. The Bertz CT molecular complexity index is 483. The van der Waals surface area contributed by atoms with Crippen molar-refractivity contribution in [2.45, 2.75) is 20.8 Å². The number of anilines is 1. The predicted octanol–water partition coefficient (Wildman–Crippen LogP) is 4.01. The fraction of sp³-hybridized carbons (Fsp3) is 0.417. The van der Waals surface area contributed by atoms with Gasteiger partial charge in [0.25, 0.3) is 0 Å². The zero-order chi connectivity index (χ0) is 15.7. The Morgan fingerprint density at radius 2 is 2.10 bits per heavy atom. The van der Waals surface area contributed by atoms with Crippen molar-refractivity contribution >= 4 is 44.9 Å². The standard InChI is InChI=1S/C10H10BrClN2O4.C2H6/c1-2-18-8(15)5-13-7-4-3-6(11)9(12)10(7)14(16)17;1-2/h3-4,13H,2,5H2,1H3;1-2H3. The van der Waals surface area contributed by atoms with Crippen LogP contribution in [0.3, 0.4) is 0 Å². The van der Waals surface area contributed by atoms with Crippen molar-refractivity contribution < 1.29 is 14.5 Å². The van der Waals surface area contributed by atoms with E-state index in [0.29, 0.717) is 4.47 Å². The summed E-state index contributed by atoms with van der Waals surface area (Å²) in [7, 11) is 0. The summed E-state index contributed by atoms with van der Waals surface area (Å²) in [5.41, 5.74) is -0.114. The highest BCUT2D eigenvalue weighted by Crippen LogP contribution is 2.37. The van der Waals surface area contributed by atoms with Gasteiger partial charge in [0.15, 0.2) is 0 Å². The van der Waals surface area contributed by atoms with E-state index in [2.05, 4.69) is 21.2 Å². The number of carbonyl (C=O) groups is 1. The van der Waals surface area contributed by atoms with Crippen molar-refractivity contribution in [1.29, 1.82) is 0 Å². The van der Waals surface area contributed by atoms with Crippen molar-refractivity contribution in [3.8, 4) is 0 Å². The number of carbonyl (C=O) groups excluding carboxylic acids is 1. The van der Waals surface area contributed by atoms with Crippen LogP contribution in [0.2, 0.25) is 5.02 Å². The normalized spacial score (nSPS) is 9.25. The molecule has 0 saturated carbocycles. The molecular formula is C12H16BrClN2O4. The number of esters is 1. The molecule has 20 heavy (non-hydrogen) atoms. The van der Waals surface area contributed by atoms with Crippen LogP contribution in [0.25, 0.3) is 0 Å². The van der Waals surface area contributed by atoms with Crippen LogP contribution < -0.4 is 5.32 Å². The summed E-state index contributed by atoms with van der Waals surface area (Å²) >= 11 is 8.92. The average molecular weight is 368 g/mol. The molecule has 0 aliphatic carbocycles. The minimum absolute atomic E-state index is 0.0196. The van der Waals surface area contributed by atoms with E-state index in [1.807, 2.05) is 13.8 Å². The van der Waals surface area contributed by atoms with E-state index in [-0.39, 0.29) is 29.5 Å². The minimum atomic E-state index is -0.611. The third-order valence-corrected chi connectivity index (χ3v) is 3.25. The summed E-state index contributed by atoms with van der Waals surface area (Å²) < 4.78 is 5.12. The van der Waals surface area contributed by atoms with E-state index in [1.165, 1.54) is 6.07 Å². The van der Waals surface area contributed by atoms with Crippen LogP contribution in [-0.4, -0.2) is 24.0 Å². The molecule has 8 heteroatoms. The van der Waals surface area contributed by atoms with Gasteiger partial charge in [-0.25, -0.2) is 0 Å². The molecule has 1 rings (SSSR count). The predicted molar refractivity (Wildman–Crippen MR) is 82.3 cm³/mol. The third-order valence-electron chi connectivity index (χ3n) is 1.98. The Kier molecular flexibility index (Phi) is 8.91. The molecule has 0 amide bonds. The molecule has 112 valence electrons. The van der Waals surface area contributed by atoms with E-state index in [4.69, 9.17) is 16.3 Å². The number of nitro benzene ring substituents is 1. The maximum absolute atomic E-state index is 11.2. The summed E-state index contributed by atoms with van der Waals surface area (Å²) in [6, 6.07) is 3.02. The molecule has 0 spiro atoms. The lowest BCUT2D eigenvalue weighted by molar-refractivity contribution is -0.383. The van der Waals surface area contributed by atoms with Crippen LogP contribution >= 0.6 is 27.5 Å². The lowest BCUT2D eigenvalue weighted by Crippen LogP contribution is -2.17. The quantitative estimate of drug-likeness (QED) is 0.483. The summed E-state index contributed by atoms with van der Waals surface area (Å²) in [5.74, 6) is -0.495. The summed E-state index contributed by atoms with van der Waals surface area (Å²) in [6.45, 7) is 5.77. The number of halogens is 2. The van der Waals surface area contributed by atoms with Gasteiger partial charge in [-0.2, -0.15) is 0 Å². The van der Waals surface area contributed by atoms with Crippen LogP contribution in [0.1, 0.15) is 20.8 Å². The van der Waals surface area contributed by atoms with E-state index in [9.17, 15) is 14.9 Å². The highest BCUT2D eigenvalue weighted by atomic mass is 79.9. The number of nitrogens with one attached hydrogen (secondary N) is 1. The molecule has 1 N–H and O–H groups in total. The first-order valence-electron chi connectivity index (χ1n) is 5.99. The second kappa shape index (κ2) is 9.55. The monoisotopic (exact) mass is 366 g/mol. The van der Waals surface area contributed by atoms with E-state index >= 15 is 0 Å². The van der Waals surface area contributed by atoms with Gasteiger partial charge in [0.05, 0.1) is 11.5 Å². The molecule has 0 saturated heterocycles. The largest absolute Gasteiger partial charge is 0.465 e. The van der Waals surface area contributed by atoms with Gasteiger partial charge in [-0.05, 0) is 35.0 Å². The van der Waals surface area contributed by atoms with Crippen LogP contribution in [-0.2, 0) is 9.53 Å². The SMILES string of the molecule is CC.CCOC(=O)CNc1ccc(Br)c(Cl)c1[N+](=O)[O-]. The lowest BCUT2D eigenvalue weighted by atomic mass is 10.2. The van der Waals surface area contributed by atoms with Crippen LogP contribution in [0.5, 0.6) is 0 Å². The molecule has 0 heterocycles. The molecular weight excluding hydrogens is 351 g/mol. The van der Waals surface area contributed by atoms with E-state index < -0.39 is 10.9 Å². The summed E-state index contributed by atoms with van der Waals surface area (Å²) in [4.78, 5) is 21.5. The van der Waals surface area contributed by atoms with Crippen molar-refractivity contribution in [3.05, 3.63) is 31.7 Å². The minimum Gasteiger partial charge on any atom is -0.465 e. The summed E-state index contributed by atoms with van der Waals surface area (Å²) in [5, 5.41) is 13.5. The van der Waals surface area contributed by atoms with Gasteiger partial charge in [-0.15, -0.1) is 0 Å². The fourth-order valence-electron chi connectivity index (χ4n) is 1.24. The Labute approximate surface area is 130 Å². The molecule has 1 aromatic carbocycles. The van der Waals surface area contributed by atoms with Gasteiger partial charge in [-0.3, -0.25) is 14.9 Å². The third kappa shape index (κ3) is 5.34. The molecule has 0 aromatic heterocycles. The van der Waals surface area contributed by atoms with Crippen LogP contribution in [0, 0.1) is 10.1 Å². The Hall–Kier alpha value is -1.34. The average Bonchev–Trinajstić information content (AvgIpc) is 2.42. The Morgan fingerprint density at radius 3 is 2.60 bits per heavy atom. The number of ether oxygens (including phenoxy) is 1. The van der Waals surface area contributed by atoms with Gasteiger partial charge in [0.1, 0.15) is 17.3 Å². The highest BCUT2D eigenvalue weighted by Gasteiger charge is 2.21. The topological polar surface area (TPSA) is 81.5 Å². The highest BCUT2D eigenvalue weighted by molar-refractivity contribution is 9.10. The molecule has 0 fully saturated rings. The fourth-order valence-corrected chi connectivity index (χ4v) is 1.79. The van der Waals surface area contributed by atoms with E-state index in [0.717, 1.165) is 0 Å². The van der Waals surface area contributed by atoms with Gasteiger partial charge in [-0.1, -0.05) is 25.4 Å². The van der Waals surface area contributed by atoms with Crippen molar-refractivity contribution in [2.24, 2.45) is 0 Å². The summed E-state index contributed by atoms with van der Waals surface area (Å²) in [6.07, 6.45) is 0. The number of rotatable bonds is 5. The second-order valence-electron chi connectivity index (χ2n) is 3.17. The van der Waals surface area contributed by atoms with Crippen molar-refractivity contribution in [3.63, 3.8) is 0 Å². The molecule has 0 bridgehead atoms. The van der Waals surface area contributed by atoms with E-state index in [1.54, 1.807) is 13.0 Å². The molecule has 1 aromatic rings. The Morgan fingerprint density at radius 1 is 1.50 bits per heavy atom. The number of hydrogen-bond acceptors (Lipinski definition) is 5. The molecule has 0 unspecified atom stereocenters. The number of benzene rings is 1. The van der Waals surface area contributed by atoms with Gasteiger partial charge >= 0.3 is 11.7 Å². The molecule has 0 aliphatic rings. The molecule has 6 nitrogen and oxygen atoms in total. The first-order valence-corrected chi connectivity index (χ1v) is 7.16. The van der Waals surface area contributed by atoms with Crippen molar-refractivity contribution in [1.82, 2.24) is 0 Å². The number of hydrogen-bond donors (Lipinski definition) is 1. The maximum atomic E-state index is 11.2. The Balaban J connectivity index is 0.00000172. The van der Waals surface area contributed by atoms with Gasteiger partial charge < -0.3 is 10.1 Å². The van der Waals surface area contributed by atoms with Crippen LogP contribution in [0.4, 0.5) is 11.4 Å². The van der Waals surface area contributed by atoms with Crippen molar-refractivity contribution in [2.75, 3.05) is 18.5 Å². The molecule has 0 aliphatic heterocycles. The maximum Gasteiger partial charge on any atom is 0.325 e. The molecule has 0 radical (unpaired) electrons. The number of nitrogens with zero attached hydrogens (tertiary/aromatic N) is 1. The second-order valence-corrected chi connectivity index (χ2v) is 4.41. The zero-order valence-electron chi connectivity index (χ0n) is 11.4. The zero-order valence-corrected chi connectivity index (χ0v) is 13.7. The lowest BCUT2D eigenvalue weighted by Gasteiger charge is -2.08. The number of nitro groups is 1.